The Labute approximate surface area is 172 Å². The monoisotopic (exact) mass is 396 g/mol. The van der Waals surface area contributed by atoms with E-state index >= 15 is 0 Å². The molecular formula is C25H29FO3. The molecule has 0 aliphatic heterocycles. The molecule has 2 rings (SSSR count). The van der Waals surface area contributed by atoms with Gasteiger partial charge >= 0.3 is 5.97 Å². The summed E-state index contributed by atoms with van der Waals surface area (Å²) in [5.74, 6) is -0.285. The molecule has 29 heavy (non-hydrogen) atoms. The summed E-state index contributed by atoms with van der Waals surface area (Å²) >= 11 is 0. The van der Waals surface area contributed by atoms with Crippen LogP contribution in [0.15, 0.2) is 54.6 Å². The van der Waals surface area contributed by atoms with Gasteiger partial charge in [-0.25, -0.2) is 4.39 Å². The molecule has 0 radical (unpaired) electrons. The van der Waals surface area contributed by atoms with Gasteiger partial charge in [-0.15, -0.1) is 0 Å². The summed E-state index contributed by atoms with van der Waals surface area (Å²) in [6.07, 6.45) is 11.6. The molecule has 0 amide bonds. The highest BCUT2D eigenvalue weighted by Crippen LogP contribution is 2.15. The fourth-order valence-electron chi connectivity index (χ4n) is 2.94. The van der Waals surface area contributed by atoms with Crippen molar-refractivity contribution in [3.8, 4) is 5.75 Å². The van der Waals surface area contributed by atoms with E-state index in [2.05, 4.69) is 6.92 Å². The molecule has 0 N–H and O–H groups in total. The van der Waals surface area contributed by atoms with Gasteiger partial charge in [0.1, 0.15) is 11.6 Å². The number of halogens is 1. The van der Waals surface area contributed by atoms with E-state index in [1.54, 1.807) is 42.5 Å². The van der Waals surface area contributed by atoms with Gasteiger partial charge < -0.3 is 4.74 Å². The number of rotatable bonds is 12. The molecule has 0 aliphatic carbocycles. The fraction of sp³-hybridized carbons (Fsp3) is 0.360. The van der Waals surface area contributed by atoms with Gasteiger partial charge in [-0.1, -0.05) is 63.7 Å². The maximum atomic E-state index is 12.9. The van der Waals surface area contributed by atoms with Crippen molar-refractivity contribution in [3.63, 3.8) is 0 Å². The predicted molar refractivity (Wildman–Crippen MR) is 114 cm³/mol. The topological polar surface area (TPSA) is 43.4 Å². The number of ether oxygens (including phenoxy) is 1. The Hall–Kier alpha value is -2.75. The van der Waals surface area contributed by atoms with Gasteiger partial charge in [0.2, 0.25) is 0 Å². The average Bonchev–Trinajstić information content (AvgIpc) is 2.73. The van der Waals surface area contributed by atoms with E-state index in [-0.39, 0.29) is 17.6 Å². The molecule has 2 aromatic carbocycles. The summed E-state index contributed by atoms with van der Waals surface area (Å²) in [7, 11) is 0. The van der Waals surface area contributed by atoms with Crippen LogP contribution in [0.2, 0.25) is 0 Å². The number of ketones is 1. The molecule has 0 aromatic heterocycles. The first-order valence-electron chi connectivity index (χ1n) is 10.4. The quantitative estimate of drug-likeness (QED) is 0.131. The average molecular weight is 397 g/mol. The van der Waals surface area contributed by atoms with Crippen LogP contribution in [0, 0.1) is 5.82 Å². The van der Waals surface area contributed by atoms with Gasteiger partial charge in [-0.05, 0) is 54.5 Å². The number of benzene rings is 2. The van der Waals surface area contributed by atoms with E-state index in [1.165, 1.54) is 43.9 Å². The summed E-state index contributed by atoms with van der Waals surface area (Å²) in [6.45, 7) is 2.20. The molecule has 3 nitrogen and oxygen atoms in total. The number of hydrogen-bond donors (Lipinski definition) is 0. The molecule has 0 fully saturated rings. The number of esters is 1. The number of carbonyl (C=O) groups excluding carboxylic acids is 2. The number of allylic oxidation sites excluding steroid dienone is 1. The van der Waals surface area contributed by atoms with Crippen LogP contribution in [0.5, 0.6) is 5.75 Å². The van der Waals surface area contributed by atoms with E-state index in [4.69, 9.17) is 4.74 Å². The molecule has 0 heterocycles. The van der Waals surface area contributed by atoms with Gasteiger partial charge in [0.25, 0.3) is 0 Å². The molecule has 4 heteroatoms. The second kappa shape index (κ2) is 12.7. The molecule has 0 bridgehead atoms. The minimum Gasteiger partial charge on any atom is -0.427 e. The van der Waals surface area contributed by atoms with E-state index in [0.717, 1.165) is 24.8 Å². The Bertz CT molecular complexity index is 792. The summed E-state index contributed by atoms with van der Waals surface area (Å²) in [4.78, 5) is 24.1. The summed E-state index contributed by atoms with van der Waals surface area (Å²) in [5.41, 5.74) is 1.24. The van der Waals surface area contributed by atoms with E-state index in [0.29, 0.717) is 17.7 Å². The first-order chi connectivity index (χ1) is 14.1. The molecule has 154 valence electrons. The van der Waals surface area contributed by atoms with Crippen LogP contribution in [0.4, 0.5) is 4.39 Å². The summed E-state index contributed by atoms with van der Waals surface area (Å²) in [5, 5.41) is 0. The first kappa shape index (κ1) is 22.5. The van der Waals surface area contributed by atoms with Gasteiger partial charge in [0.05, 0.1) is 0 Å². The smallest absolute Gasteiger partial charge is 0.311 e. The Balaban J connectivity index is 1.73. The van der Waals surface area contributed by atoms with Gasteiger partial charge in [0.15, 0.2) is 5.78 Å². The third kappa shape index (κ3) is 8.86. The van der Waals surface area contributed by atoms with Crippen molar-refractivity contribution in [2.45, 2.75) is 58.3 Å². The van der Waals surface area contributed by atoms with Crippen molar-refractivity contribution in [3.05, 3.63) is 71.6 Å². The lowest BCUT2D eigenvalue weighted by Gasteiger charge is -2.05. The minimum atomic E-state index is -0.314. The number of unbranched alkanes of at least 4 members (excludes halogenated alkanes) is 6. The van der Waals surface area contributed by atoms with Crippen LogP contribution >= 0.6 is 0 Å². The molecule has 0 aliphatic rings. The number of carbonyl (C=O) groups is 2. The first-order valence-corrected chi connectivity index (χ1v) is 10.4. The van der Waals surface area contributed by atoms with Crippen molar-refractivity contribution in [2.75, 3.05) is 0 Å². The predicted octanol–water partition coefficient (Wildman–Crippen LogP) is 6.77. The summed E-state index contributed by atoms with van der Waals surface area (Å²) in [6, 6.07) is 12.4. The highest BCUT2D eigenvalue weighted by atomic mass is 19.1. The Morgan fingerprint density at radius 3 is 2.14 bits per heavy atom. The van der Waals surface area contributed by atoms with Crippen molar-refractivity contribution in [1.29, 1.82) is 0 Å². The highest BCUT2D eigenvalue weighted by molar-refractivity contribution is 6.06. The lowest BCUT2D eigenvalue weighted by Crippen LogP contribution is -2.07. The normalized spacial score (nSPS) is 11.0. The Morgan fingerprint density at radius 2 is 1.48 bits per heavy atom. The van der Waals surface area contributed by atoms with E-state index in [1.807, 2.05) is 0 Å². The van der Waals surface area contributed by atoms with Crippen LogP contribution in [-0.2, 0) is 4.79 Å². The van der Waals surface area contributed by atoms with E-state index < -0.39 is 0 Å². The second-order valence-corrected chi connectivity index (χ2v) is 7.12. The Kier molecular flexibility index (Phi) is 9.84. The molecular weight excluding hydrogens is 367 g/mol. The van der Waals surface area contributed by atoms with Crippen molar-refractivity contribution >= 4 is 17.8 Å². The zero-order valence-electron chi connectivity index (χ0n) is 17.0. The largest absolute Gasteiger partial charge is 0.427 e. The number of hydrogen-bond acceptors (Lipinski definition) is 3. The molecule has 2 aromatic rings. The lowest BCUT2D eigenvalue weighted by molar-refractivity contribution is -0.134. The zero-order chi connectivity index (χ0) is 20.9. The van der Waals surface area contributed by atoms with E-state index in [9.17, 15) is 14.0 Å². The third-order valence-electron chi connectivity index (χ3n) is 4.65. The van der Waals surface area contributed by atoms with Crippen LogP contribution < -0.4 is 4.74 Å². The van der Waals surface area contributed by atoms with Crippen molar-refractivity contribution in [1.82, 2.24) is 0 Å². The van der Waals surface area contributed by atoms with Crippen LogP contribution in [-0.4, -0.2) is 11.8 Å². The van der Waals surface area contributed by atoms with Gasteiger partial charge in [-0.2, -0.15) is 0 Å². The maximum absolute atomic E-state index is 12.9. The molecule has 0 saturated heterocycles. The zero-order valence-corrected chi connectivity index (χ0v) is 17.0. The third-order valence-corrected chi connectivity index (χ3v) is 4.65. The Morgan fingerprint density at radius 1 is 0.862 bits per heavy atom. The summed E-state index contributed by atoms with van der Waals surface area (Å²) < 4.78 is 18.2. The lowest BCUT2D eigenvalue weighted by atomic mass is 10.1. The molecule has 0 spiro atoms. The van der Waals surface area contributed by atoms with Crippen molar-refractivity contribution in [2.24, 2.45) is 0 Å². The van der Waals surface area contributed by atoms with Crippen LogP contribution in [0.1, 0.15) is 74.2 Å². The van der Waals surface area contributed by atoms with Crippen LogP contribution in [0.25, 0.3) is 6.08 Å². The fourth-order valence-corrected chi connectivity index (χ4v) is 2.94. The molecule has 0 unspecified atom stereocenters. The minimum absolute atomic E-state index is 0.171. The standard InChI is InChI=1S/C25H29FO3/c1-2-3-4-5-6-7-8-9-25(28)29-23-17-13-21(14-18-23)24(27)19-12-20-10-15-22(26)16-11-20/h10-19H,2-9H2,1H3. The van der Waals surface area contributed by atoms with Gasteiger partial charge in [-0.3, -0.25) is 9.59 Å². The maximum Gasteiger partial charge on any atom is 0.311 e. The second-order valence-electron chi connectivity index (χ2n) is 7.12. The highest BCUT2D eigenvalue weighted by Gasteiger charge is 2.07. The van der Waals surface area contributed by atoms with Gasteiger partial charge in [0, 0.05) is 12.0 Å². The molecule has 0 atom stereocenters. The van der Waals surface area contributed by atoms with Crippen molar-refractivity contribution < 1.29 is 18.7 Å². The molecule has 0 saturated carbocycles. The van der Waals surface area contributed by atoms with Crippen LogP contribution in [0.3, 0.4) is 0 Å². The SMILES string of the molecule is CCCCCCCCCC(=O)Oc1ccc(C(=O)C=Cc2ccc(F)cc2)cc1.